The van der Waals surface area contributed by atoms with Crippen molar-refractivity contribution in [2.24, 2.45) is 10.2 Å². The number of nitrogens with zero attached hydrogens (tertiary/aromatic N) is 8. The van der Waals surface area contributed by atoms with Crippen molar-refractivity contribution in [2.75, 3.05) is 46.0 Å². The third-order valence-electron chi connectivity index (χ3n) is 14.7. The van der Waals surface area contributed by atoms with E-state index in [9.17, 15) is 0 Å². The van der Waals surface area contributed by atoms with Crippen LogP contribution >= 0.6 is 22.7 Å². The van der Waals surface area contributed by atoms with E-state index in [-0.39, 0.29) is 12.1 Å². The van der Waals surface area contributed by atoms with Gasteiger partial charge in [0.2, 0.25) is 0 Å². The summed E-state index contributed by atoms with van der Waals surface area (Å²) < 4.78 is 2.40. The monoisotopic (exact) mass is 1000 g/mol. The SMILES string of the molecule is CCN(CC)c1ccc(C2CC(c3ccc(-c4ccc(C5=NN(c6ccc(-c7nc8ccccc8s7)cc6)C(c6ccc(N(CC)CC)cc6)C5)cc4)cc3)=NN2c2ccc(-c3nc4ccccc4s3)cc2)cc1. The molecule has 2 unspecified atom stereocenters. The summed E-state index contributed by atoms with van der Waals surface area (Å²) in [6, 6.07) is 70.4. The summed E-state index contributed by atoms with van der Waals surface area (Å²) >= 11 is 3.46. The lowest BCUT2D eigenvalue weighted by molar-refractivity contribution is 0.708. The Balaban J connectivity index is 0.799. The highest BCUT2D eigenvalue weighted by Crippen LogP contribution is 2.42. The molecule has 2 atom stereocenters. The highest BCUT2D eigenvalue weighted by Gasteiger charge is 2.32. The van der Waals surface area contributed by atoms with Gasteiger partial charge < -0.3 is 9.80 Å². The van der Waals surface area contributed by atoms with Crippen LogP contribution in [-0.2, 0) is 0 Å². The number of rotatable bonds is 15. The first-order valence-electron chi connectivity index (χ1n) is 26.0. The Morgan fingerprint density at radius 1 is 0.392 bits per heavy atom. The Morgan fingerprint density at radius 2 is 0.730 bits per heavy atom. The molecule has 366 valence electrons. The van der Waals surface area contributed by atoms with Gasteiger partial charge in [-0.3, -0.25) is 10.0 Å². The van der Waals surface area contributed by atoms with Crippen molar-refractivity contribution in [2.45, 2.75) is 52.6 Å². The zero-order valence-corrected chi connectivity index (χ0v) is 43.9. The van der Waals surface area contributed by atoms with Gasteiger partial charge in [-0.05, 0) is 158 Å². The number of thiazole rings is 2. The second-order valence-corrected chi connectivity index (χ2v) is 21.0. The van der Waals surface area contributed by atoms with Gasteiger partial charge in [0.25, 0.3) is 0 Å². The number of anilines is 4. The minimum absolute atomic E-state index is 0.0564. The molecule has 0 N–H and O–H groups in total. The molecular formula is C64H58N8S2. The van der Waals surface area contributed by atoms with Gasteiger partial charge in [-0.15, -0.1) is 22.7 Å². The lowest BCUT2D eigenvalue weighted by atomic mass is 9.95. The molecule has 0 saturated carbocycles. The molecule has 2 aliphatic heterocycles. The minimum atomic E-state index is 0.0564. The molecule has 0 radical (unpaired) electrons. The summed E-state index contributed by atoms with van der Waals surface area (Å²) in [6.45, 7) is 12.8. The van der Waals surface area contributed by atoms with E-state index in [1.54, 1.807) is 22.7 Å². The van der Waals surface area contributed by atoms with E-state index in [4.69, 9.17) is 20.2 Å². The van der Waals surface area contributed by atoms with Gasteiger partial charge in [0.05, 0.1) is 55.3 Å². The van der Waals surface area contributed by atoms with Crippen molar-refractivity contribution in [3.05, 3.63) is 216 Å². The first-order chi connectivity index (χ1) is 36.4. The summed E-state index contributed by atoms with van der Waals surface area (Å²) in [5, 5.41) is 17.2. The molecule has 0 saturated heterocycles. The van der Waals surface area contributed by atoms with Gasteiger partial charge in [0.15, 0.2) is 0 Å². The maximum absolute atomic E-state index is 5.38. The van der Waals surface area contributed by atoms with Gasteiger partial charge in [0.1, 0.15) is 10.0 Å². The molecule has 4 heterocycles. The number of para-hydroxylation sites is 2. The fraction of sp³-hybridized carbons (Fsp3) is 0.188. The second-order valence-electron chi connectivity index (χ2n) is 19.0. The van der Waals surface area contributed by atoms with E-state index >= 15 is 0 Å². The highest BCUT2D eigenvalue weighted by atomic mass is 32.1. The van der Waals surface area contributed by atoms with E-state index in [0.717, 1.165) is 105 Å². The number of benzene rings is 8. The smallest absolute Gasteiger partial charge is 0.124 e. The first-order valence-corrected chi connectivity index (χ1v) is 27.6. The maximum atomic E-state index is 5.38. The quantitative estimate of drug-likeness (QED) is 0.102. The summed E-state index contributed by atoms with van der Waals surface area (Å²) in [5.74, 6) is 0. The van der Waals surface area contributed by atoms with Crippen LogP contribution in [0.3, 0.4) is 0 Å². The number of aromatic nitrogens is 2. The molecule has 2 aliphatic rings. The van der Waals surface area contributed by atoms with Crippen LogP contribution in [-0.4, -0.2) is 47.6 Å². The van der Waals surface area contributed by atoms with E-state index in [2.05, 4.69) is 230 Å². The number of hydrazone groups is 2. The van der Waals surface area contributed by atoms with Crippen LogP contribution in [0, 0.1) is 0 Å². The average molecular weight is 1000 g/mol. The fourth-order valence-electron chi connectivity index (χ4n) is 10.6. The van der Waals surface area contributed by atoms with Gasteiger partial charge in [-0.1, -0.05) is 97.1 Å². The van der Waals surface area contributed by atoms with E-state index in [0.29, 0.717) is 0 Å². The van der Waals surface area contributed by atoms with Crippen molar-refractivity contribution < 1.29 is 0 Å². The third-order valence-corrected chi connectivity index (χ3v) is 16.9. The largest absolute Gasteiger partial charge is 0.372 e. The molecular weight excluding hydrogens is 945 g/mol. The van der Waals surface area contributed by atoms with Crippen LogP contribution < -0.4 is 19.8 Å². The summed E-state index contributed by atoms with van der Waals surface area (Å²) in [5.41, 5.74) is 18.2. The summed E-state index contributed by atoms with van der Waals surface area (Å²) in [4.78, 5) is 14.6. The lowest BCUT2D eigenvalue weighted by Crippen LogP contribution is -2.22. The Bertz CT molecular complexity index is 3300. The predicted octanol–water partition coefficient (Wildman–Crippen LogP) is 16.3. The molecule has 0 spiro atoms. The molecule has 0 fully saturated rings. The third kappa shape index (κ3) is 9.24. The molecule has 10 aromatic rings. The van der Waals surface area contributed by atoms with Gasteiger partial charge >= 0.3 is 0 Å². The van der Waals surface area contributed by atoms with Crippen LogP contribution in [0.15, 0.2) is 204 Å². The Hall–Kier alpha value is -7.92. The van der Waals surface area contributed by atoms with E-state index < -0.39 is 0 Å². The van der Waals surface area contributed by atoms with Crippen molar-refractivity contribution in [1.29, 1.82) is 0 Å². The van der Waals surface area contributed by atoms with Gasteiger partial charge in [0, 0.05) is 61.5 Å². The number of hydrogen-bond donors (Lipinski definition) is 0. The van der Waals surface area contributed by atoms with E-state index in [1.807, 2.05) is 12.1 Å². The maximum Gasteiger partial charge on any atom is 0.124 e. The topological polar surface area (TPSA) is 63.5 Å². The molecule has 8 aromatic carbocycles. The second kappa shape index (κ2) is 20.5. The van der Waals surface area contributed by atoms with Crippen molar-refractivity contribution in [1.82, 2.24) is 9.97 Å². The van der Waals surface area contributed by atoms with Crippen LogP contribution in [0.5, 0.6) is 0 Å². The summed E-state index contributed by atoms with van der Waals surface area (Å²) in [7, 11) is 0. The standard InChI is InChI=1S/C64H58N8S2/c1-5-69(6-2)51-33-25-47(26-34-51)59-41-57(67-71(59)53-37-29-49(30-38-53)63-65-55-13-9-11-15-61(55)73-63)45-21-17-43(18-22-45)44-19-23-46(24-20-44)58-42-60(48-27-35-52(36-28-48)70(7-3)8-4)72(68-58)54-39-31-50(32-40-54)64-66-56-14-10-12-16-62(56)74-64/h9-40,59-60H,5-8,41-42H2,1-4H3. The van der Waals surface area contributed by atoms with Crippen molar-refractivity contribution >= 4 is 77.3 Å². The zero-order chi connectivity index (χ0) is 50.1. The van der Waals surface area contributed by atoms with Gasteiger partial charge in [-0.2, -0.15) is 10.2 Å². The fourth-order valence-corrected chi connectivity index (χ4v) is 12.5. The summed E-state index contributed by atoms with van der Waals surface area (Å²) in [6.07, 6.45) is 1.59. The van der Waals surface area contributed by atoms with Crippen LogP contribution in [0.4, 0.5) is 22.7 Å². The van der Waals surface area contributed by atoms with Crippen LogP contribution in [0.25, 0.3) is 52.7 Å². The van der Waals surface area contributed by atoms with Gasteiger partial charge in [-0.25, -0.2) is 9.97 Å². The molecule has 0 amide bonds. The Labute approximate surface area is 442 Å². The Morgan fingerprint density at radius 3 is 1.08 bits per heavy atom. The number of hydrogen-bond acceptors (Lipinski definition) is 10. The van der Waals surface area contributed by atoms with Crippen molar-refractivity contribution in [3.63, 3.8) is 0 Å². The molecule has 74 heavy (non-hydrogen) atoms. The van der Waals surface area contributed by atoms with Crippen molar-refractivity contribution in [3.8, 4) is 32.3 Å². The molecule has 0 bridgehead atoms. The molecule has 12 rings (SSSR count). The Kier molecular flexibility index (Phi) is 13.1. The zero-order valence-electron chi connectivity index (χ0n) is 42.3. The minimum Gasteiger partial charge on any atom is -0.372 e. The molecule has 0 aliphatic carbocycles. The van der Waals surface area contributed by atoms with Crippen LogP contribution in [0.1, 0.15) is 74.9 Å². The lowest BCUT2D eigenvalue weighted by Gasteiger charge is -2.26. The average Bonchev–Trinajstić information content (AvgIpc) is 4.30. The molecule has 8 nitrogen and oxygen atoms in total. The van der Waals surface area contributed by atoms with Crippen LogP contribution in [0.2, 0.25) is 0 Å². The molecule has 10 heteroatoms. The van der Waals surface area contributed by atoms with E-state index in [1.165, 1.54) is 43.0 Å². The molecule has 2 aromatic heterocycles. The normalized spacial score (nSPS) is 15.5. The predicted molar refractivity (Wildman–Crippen MR) is 315 cm³/mol. The first kappa shape index (κ1) is 47.1. The highest BCUT2D eigenvalue weighted by molar-refractivity contribution is 7.22. The number of fused-ring (bicyclic) bond motifs is 2.